The van der Waals surface area contributed by atoms with Crippen LogP contribution >= 0.6 is 0 Å². The van der Waals surface area contributed by atoms with Gasteiger partial charge in [0.15, 0.2) is 0 Å². The summed E-state index contributed by atoms with van der Waals surface area (Å²) in [6, 6.07) is 17.4. The van der Waals surface area contributed by atoms with E-state index in [0.29, 0.717) is 25.1 Å². The number of nitrogens with zero attached hydrogens (tertiary/aromatic N) is 2. The molecule has 2 aromatic carbocycles. The Bertz CT molecular complexity index is 658. The maximum absolute atomic E-state index is 12.3. The Hall–Kier alpha value is -2.60. The van der Waals surface area contributed by atoms with E-state index in [1.807, 2.05) is 29.2 Å². The van der Waals surface area contributed by atoms with Crippen LogP contribution in [0.5, 0.6) is 0 Å². The van der Waals surface area contributed by atoms with E-state index < -0.39 is 0 Å². The predicted molar refractivity (Wildman–Crippen MR) is 75.6 cm³/mol. The number of amides is 1. The number of carbonyl (C=O) groups is 1. The first-order valence-corrected chi connectivity index (χ1v) is 6.60. The van der Waals surface area contributed by atoms with Crippen LogP contribution in [0.3, 0.4) is 0 Å². The van der Waals surface area contributed by atoms with E-state index in [0.717, 1.165) is 5.56 Å². The largest absolute Gasteiger partial charge is 0.334 e. The molecule has 3 nitrogen and oxygen atoms in total. The van der Waals surface area contributed by atoms with Crippen molar-refractivity contribution in [2.24, 2.45) is 0 Å². The monoisotopic (exact) mass is 262 g/mol. The van der Waals surface area contributed by atoms with Crippen LogP contribution in [-0.2, 0) is 24.3 Å². The first-order valence-electron chi connectivity index (χ1n) is 6.60. The van der Waals surface area contributed by atoms with Crippen molar-refractivity contribution in [2.75, 3.05) is 0 Å². The van der Waals surface area contributed by atoms with Gasteiger partial charge in [0.25, 0.3) is 0 Å². The van der Waals surface area contributed by atoms with Gasteiger partial charge >= 0.3 is 0 Å². The summed E-state index contributed by atoms with van der Waals surface area (Å²) in [5, 5.41) is 8.76. The molecular weight excluding hydrogens is 248 g/mol. The second-order valence-electron chi connectivity index (χ2n) is 5.00. The number of hydrogen-bond donors (Lipinski definition) is 0. The highest BCUT2D eigenvalue weighted by Gasteiger charge is 2.22. The Morgan fingerprint density at radius 3 is 2.20 bits per heavy atom. The minimum atomic E-state index is 0.130. The summed E-state index contributed by atoms with van der Waals surface area (Å²) in [7, 11) is 0. The lowest BCUT2D eigenvalue weighted by Gasteiger charge is -2.15. The van der Waals surface area contributed by atoms with Gasteiger partial charge in [-0.25, -0.2) is 0 Å². The number of benzene rings is 2. The number of rotatable bonds is 2. The third-order valence-electron chi connectivity index (χ3n) is 3.63. The fourth-order valence-electron chi connectivity index (χ4n) is 2.49. The second kappa shape index (κ2) is 5.18. The van der Waals surface area contributed by atoms with E-state index in [9.17, 15) is 4.79 Å². The molecule has 1 aliphatic rings. The van der Waals surface area contributed by atoms with Crippen LogP contribution in [0.1, 0.15) is 22.3 Å². The lowest BCUT2D eigenvalue weighted by molar-refractivity contribution is -0.131. The molecule has 0 bridgehead atoms. The van der Waals surface area contributed by atoms with Crippen LogP contribution in [0.25, 0.3) is 0 Å². The minimum absolute atomic E-state index is 0.130. The molecule has 0 fully saturated rings. The van der Waals surface area contributed by atoms with Crippen molar-refractivity contribution in [3.8, 4) is 6.07 Å². The van der Waals surface area contributed by atoms with Gasteiger partial charge < -0.3 is 4.90 Å². The van der Waals surface area contributed by atoms with Crippen LogP contribution in [0, 0.1) is 11.3 Å². The van der Waals surface area contributed by atoms with E-state index >= 15 is 0 Å². The molecule has 3 rings (SSSR count). The summed E-state index contributed by atoms with van der Waals surface area (Å²) in [6.07, 6.45) is 0.389. The van der Waals surface area contributed by atoms with Gasteiger partial charge in [-0.15, -0.1) is 0 Å². The Morgan fingerprint density at radius 2 is 1.65 bits per heavy atom. The van der Waals surface area contributed by atoms with Gasteiger partial charge in [-0.2, -0.15) is 5.26 Å². The quantitative estimate of drug-likeness (QED) is 0.835. The molecule has 0 N–H and O–H groups in total. The van der Waals surface area contributed by atoms with Gasteiger partial charge in [-0.1, -0.05) is 36.4 Å². The average Bonchev–Trinajstić information content (AvgIpc) is 2.92. The van der Waals surface area contributed by atoms with Crippen LogP contribution in [0.2, 0.25) is 0 Å². The zero-order valence-corrected chi connectivity index (χ0v) is 11.0. The van der Waals surface area contributed by atoms with Crippen molar-refractivity contribution in [3.05, 3.63) is 70.8 Å². The molecule has 1 heterocycles. The third kappa shape index (κ3) is 2.41. The van der Waals surface area contributed by atoms with Gasteiger partial charge in [-0.3, -0.25) is 4.79 Å². The van der Waals surface area contributed by atoms with Crippen molar-refractivity contribution in [1.82, 2.24) is 4.90 Å². The first-order chi connectivity index (χ1) is 9.76. The van der Waals surface area contributed by atoms with Gasteiger partial charge in [0.05, 0.1) is 18.1 Å². The lowest BCUT2D eigenvalue weighted by Crippen LogP contribution is -2.26. The average molecular weight is 262 g/mol. The molecule has 0 aliphatic carbocycles. The van der Waals surface area contributed by atoms with Crippen molar-refractivity contribution >= 4 is 5.91 Å². The Labute approximate surface area is 118 Å². The minimum Gasteiger partial charge on any atom is -0.334 e. The maximum atomic E-state index is 12.3. The van der Waals surface area contributed by atoms with E-state index in [4.69, 9.17) is 5.26 Å². The Morgan fingerprint density at radius 1 is 1.05 bits per heavy atom. The number of carbonyl (C=O) groups excluding carboxylic acids is 1. The zero-order valence-electron chi connectivity index (χ0n) is 11.0. The molecule has 98 valence electrons. The molecule has 20 heavy (non-hydrogen) atoms. The summed E-state index contributed by atoms with van der Waals surface area (Å²) in [5.41, 5.74) is 4.04. The normalized spacial score (nSPS) is 12.8. The van der Waals surface area contributed by atoms with E-state index in [1.165, 1.54) is 11.1 Å². The highest BCUT2D eigenvalue weighted by molar-refractivity contribution is 5.79. The summed E-state index contributed by atoms with van der Waals surface area (Å²) < 4.78 is 0. The lowest BCUT2D eigenvalue weighted by atomic mass is 10.1. The molecular formula is C17H14N2O. The second-order valence-corrected chi connectivity index (χ2v) is 5.00. The molecule has 0 aromatic heterocycles. The van der Waals surface area contributed by atoms with Gasteiger partial charge in [0, 0.05) is 13.1 Å². The number of hydrogen-bond acceptors (Lipinski definition) is 2. The van der Waals surface area contributed by atoms with E-state index in [1.54, 1.807) is 12.1 Å². The Balaban J connectivity index is 1.68. The number of nitriles is 1. The SMILES string of the molecule is N#Cc1ccc(CC(=O)N2Cc3ccccc3C2)cc1. The highest BCUT2D eigenvalue weighted by Crippen LogP contribution is 2.22. The molecule has 3 heteroatoms. The van der Waals surface area contributed by atoms with Crippen LogP contribution in [0.4, 0.5) is 0 Å². The zero-order chi connectivity index (χ0) is 13.9. The topological polar surface area (TPSA) is 44.1 Å². The fourth-order valence-corrected chi connectivity index (χ4v) is 2.49. The van der Waals surface area contributed by atoms with Gasteiger partial charge in [-0.05, 0) is 28.8 Å². The third-order valence-corrected chi connectivity index (χ3v) is 3.63. The highest BCUT2D eigenvalue weighted by atomic mass is 16.2. The predicted octanol–water partition coefficient (Wildman–Crippen LogP) is 2.64. The van der Waals surface area contributed by atoms with Crippen LogP contribution in [0.15, 0.2) is 48.5 Å². The van der Waals surface area contributed by atoms with Crippen LogP contribution in [-0.4, -0.2) is 10.8 Å². The van der Waals surface area contributed by atoms with Gasteiger partial charge in [0.2, 0.25) is 5.91 Å². The molecule has 0 spiro atoms. The standard InChI is InChI=1S/C17H14N2O/c18-10-14-7-5-13(6-8-14)9-17(20)19-11-15-3-1-2-4-16(15)12-19/h1-8H,9,11-12H2. The van der Waals surface area contributed by atoms with Gasteiger partial charge in [0.1, 0.15) is 0 Å². The van der Waals surface area contributed by atoms with E-state index in [2.05, 4.69) is 18.2 Å². The molecule has 0 saturated carbocycles. The Kier molecular flexibility index (Phi) is 3.22. The summed E-state index contributed by atoms with van der Waals surface area (Å²) in [4.78, 5) is 14.2. The summed E-state index contributed by atoms with van der Waals surface area (Å²) in [6.45, 7) is 1.40. The van der Waals surface area contributed by atoms with E-state index in [-0.39, 0.29) is 5.91 Å². The van der Waals surface area contributed by atoms with Crippen molar-refractivity contribution in [2.45, 2.75) is 19.5 Å². The molecule has 1 amide bonds. The smallest absolute Gasteiger partial charge is 0.227 e. The number of fused-ring (bicyclic) bond motifs is 1. The summed E-state index contributed by atoms with van der Waals surface area (Å²) in [5.74, 6) is 0.130. The fraction of sp³-hybridized carbons (Fsp3) is 0.176. The molecule has 0 radical (unpaired) electrons. The van der Waals surface area contributed by atoms with Crippen LogP contribution < -0.4 is 0 Å². The molecule has 0 atom stereocenters. The first kappa shape index (κ1) is 12.4. The van der Waals surface area contributed by atoms with Crippen molar-refractivity contribution < 1.29 is 4.79 Å². The summed E-state index contributed by atoms with van der Waals surface area (Å²) >= 11 is 0. The molecule has 0 saturated heterocycles. The van der Waals surface area contributed by atoms with Crippen molar-refractivity contribution in [3.63, 3.8) is 0 Å². The molecule has 0 unspecified atom stereocenters. The maximum Gasteiger partial charge on any atom is 0.227 e. The molecule has 2 aromatic rings. The molecule has 1 aliphatic heterocycles. The van der Waals surface area contributed by atoms with Crippen molar-refractivity contribution in [1.29, 1.82) is 5.26 Å².